The molecule has 0 radical (unpaired) electrons. The fourth-order valence-electron chi connectivity index (χ4n) is 0.430. The second kappa shape index (κ2) is 5.70. The van der Waals surface area contributed by atoms with Crippen LogP contribution < -0.4 is 0 Å². The first kappa shape index (κ1) is 9.94. The molecule has 0 amide bonds. The summed E-state index contributed by atoms with van der Waals surface area (Å²) in [5, 5.41) is 16.6. The summed E-state index contributed by atoms with van der Waals surface area (Å²) >= 11 is 6.44. The van der Waals surface area contributed by atoms with Gasteiger partial charge in [0.25, 0.3) is 0 Å². The van der Waals surface area contributed by atoms with E-state index in [1.54, 1.807) is 0 Å². The standard InChI is InChI=1S/C6H6Br2N2/c7-5(2-1-3-9)6(8)4-10/h5-6H,1-2H2. The quantitative estimate of drug-likeness (QED) is 0.736. The highest BCUT2D eigenvalue weighted by molar-refractivity contribution is 9.12. The number of halogens is 2. The molecule has 0 aliphatic rings. The van der Waals surface area contributed by atoms with E-state index < -0.39 is 0 Å². The monoisotopic (exact) mass is 264 g/mol. The van der Waals surface area contributed by atoms with Gasteiger partial charge in [-0.2, -0.15) is 10.5 Å². The van der Waals surface area contributed by atoms with E-state index in [-0.39, 0.29) is 9.65 Å². The molecule has 2 nitrogen and oxygen atoms in total. The Morgan fingerprint density at radius 1 is 1.30 bits per heavy atom. The van der Waals surface area contributed by atoms with Gasteiger partial charge in [-0.25, -0.2) is 0 Å². The highest BCUT2D eigenvalue weighted by atomic mass is 79.9. The highest BCUT2D eigenvalue weighted by Gasteiger charge is 2.13. The lowest BCUT2D eigenvalue weighted by Gasteiger charge is -2.05. The Kier molecular flexibility index (Phi) is 5.67. The van der Waals surface area contributed by atoms with Gasteiger partial charge < -0.3 is 0 Å². The van der Waals surface area contributed by atoms with E-state index in [0.717, 1.165) is 0 Å². The van der Waals surface area contributed by atoms with E-state index >= 15 is 0 Å². The van der Waals surface area contributed by atoms with Crippen LogP contribution in [0.15, 0.2) is 0 Å². The van der Waals surface area contributed by atoms with Gasteiger partial charge in [-0.1, -0.05) is 31.9 Å². The highest BCUT2D eigenvalue weighted by Crippen LogP contribution is 2.17. The summed E-state index contributed by atoms with van der Waals surface area (Å²) in [6.45, 7) is 0. The van der Waals surface area contributed by atoms with Gasteiger partial charge in [0, 0.05) is 11.2 Å². The minimum Gasteiger partial charge on any atom is -0.198 e. The lowest BCUT2D eigenvalue weighted by molar-refractivity contribution is 0.820. The Hall–Kier alpha value is -0.0600. The summed E-state index contributed by atoms with van der Waals surface area (Å²) in [6.07, 6.45) is 1.19. The molecule has 4 heteroatoms. The lowest BCUT2D eigenvalue weighted by Crippen LogP contribution is -2.10. The first-order chi connectivity index (χ1) is 4.72. The smallest absolute Gasteiger partial charge is 0.114 e. The number of nitriles is 2. The molecule has 0 aromatic heterocycles. The van der Waals surface area contributed by atoms with Crippen LogP contribution in [0.25, 0.3) is 0 Å². The number of hydrogen-bond donors (Lipinski definition) is 0. The second-order valence-electron chi connectivity index (χ2n) is 1.74. The van der Waals surface area contributed by atoms with Gasteiger partial charge in [0.15, 0.2) is 0 Å². The zero-order chi connectivity index (χ0) is 7.98. The van der Waals surface area contributed by atoms with Crippen LogP contribution in [-0.2, 0) is 0 Å². The maximum absolute atomic E-state index is 8.39. The van der Waals surface area contributed by atoms with Crippen molar-refractivity contribution in [3.8, 4) is 12.1 Å². The summed E-state index contributed by atoms with van der Waals surface area (Å²) in [7, 11) is 0. The van der Waals surface area contributed by atoms with Crippen molar-refractivity contribution in [2.24, 2.45) is 0 Å². The zero-order valence-electron chi connectivity index (χ0n) is 5.22. The third kappa shape index (κ3) is 3.87. The van der Waals surface area contributed by atoms with Gasteiger partial charge in [-0.05, 0) is 6.42 Å². The fraction of sp³-hybridized carbons (Fsp3) is 0.667. The van der Waals surface area contributed by atoms with Crippen molar-refractivity contribution in [3.63, 3.8) is 0 Å². The van der Waals surface area contributed by atoms with Crippen molar-refractivity contribution >= 4 is 31.9 Å². The largest absolute Gasteiger partial charge is 0.198 e. The van der Waals surface area contributed by atoms with E-state index in [2.05, 4.69) is 31.9 Å². The molecule has 0 aromatic carbocycles. The van der Waals surface area contributed by atoms with Crippen molar-refractivity contribution in [3.05, 3.63) is 0 Å². The van der Waals surface area contributed by atoms with Crippen LogP contribution in [0, 0.1) is 22.7 Å². The van der Waals surface area contributed by atoms with Crippen LogP contribution in [0.5, 0.6) is 0 Å². The molecule has 0 aliphatic heterocycles. The molecule has 2 atom stereocenters. The van der Waals surface area contributed by atoms with Crippen LogP contribution >= 0.6 is 31.9 Å². The number of alkyl halides is 2. The van der Waals surface area contributed by atoms with Crippen LogP contribution in [0.3, 0.4) is 0 Å². The van der Waals surface area contributed by atoms with Crippen LogP contribution in [0.1, 0.15) is 12.8 Å². The molecule has 0 bridgehead atoms. The van der Waals surface area contributed by atoms with Gasteiger partial charge >= 0.3 is 0 Å². The van der Waals surface area contributed by atoms with Crippen molar-refractivity contribution in [1.82, 2.24) is 0 Å². The number of rotatable bonds is 3. The van der Waals surface area contributed by atoms with Gasteiger partial charge in [-0.15, -0.1) is 0 Å². The maximum atomic E-state index is 8.39. The molecule has 2 unspecified atom stereocenters. The normalized spacial score (nSPS) is 14.8. The Labute approximate surface area is 77.1 Å². The molecule has 0 rings (SSSR count). The van der Waals surface area contributed by atoms with E-state index in [9.17, 15) is 0 Å². The van der Waals surface area contributed by atoms with E-state index in [1.165, 1.54) is 0 Å². The SMILES string of the molecule is N#CCCC(Br)C(Br)C#N. The molecule has 0 fully saturated rings. The predicted molar refractivity (Wildman–Crippen MR) is 45.9 cm³/mol. The van der Waals surface area contributed by atoms with Crippen LogP contribution in [-0.4, -0.2) is 9.65 Å². The number of hydrogen-bond acceptors (Lipinski definition) is 2. The van der Waals surface area contributed by atoms with Crippen molar-refractivity contribution in [2.45, 2.75) is 22.5 Å². The predicted octanol–water partition coefficient (Wildman–Crippen LogP) is 2.34. The Morgan fingerprint density at radius 2 is 1.90 bits per heavy atom. The molecule has 10 heavy (non-hydrogen) atoms. The Bertz CT molecular complexity index is 168. The average Bonchev–Trinajstić information content (AvgIpc) is 1.98. The van der Waals surface area contributed by atoms with Gasteiger partial charge in [0.05, 0.1) is 12.1 Å². The van der Waals surface area contributed by atoms with Crippen LogP contribution in [0.4, 0.5) is 0 Å². The van der Waals surface area contributed by atoms with Crippen molar-refractivity contribution in [1.29, 1.82) is 10.5 Å². The molecule has 0 spiro atoms. The summed E-state index contributed by atoms with van der Waals surface area (Å²) in [5.41, 5.74) is 0. The van der Waals surface area contributed by atoms with Gasteiger partial charge in [0.1, 0.15) is 4.83 Å². The molecular weight excluding hydrogens is 260 g/mol. The zero-order valence-corrected chi connectivity index (χ0v) is 8.39. The van der Waals surface area contributed by atoms with E-state index in [0.29, 0.717) is 12.8 Å². The third-order valence-electron chi connectivity index (χ3n) is 0.973. The van der Waals surface area contributed by atoms with Gasteiger partial charge in [-0.3, -0.25) is 0 Å². The first-order valence-electron chi connectivity index (χ1n) is 2.77. The molecule has 0 saturated heterocycles. The summed E-state index contributed by atoms with van der Waals surface area (Å²) < 4.78 is 0. The summed E-state index contributed by atoms with van der Waals surface area (Å²) in [4.78, 5) is -0.113. The van der Waals surface area contributed by atoms with Crippen molar-refractivity contribution in [2.75, 3.05) is 0 Å². The lowest BCUT2D eigenvalue weighted by atomic mass is 10.2. The topological polar surface area (TPSA) is 47.6 Å². The summed E-state index contributed by atoms with van der Waals surface area (Å²) in [6, 6.07) is 4.05. The molecule has 54 valence electrons. The maximum Gasteiger partial charge on any atom is 0.114 e. The third-order valence-corrected chi connectivity index (χ3v) is 3.51. The minimum atomic E-state index is -0.194. The summed E-state index contributed by atoms with van der Waals surface area (Å²) in [5.74, 6) is 0. The Balaban J connectivity index is 3.56. The second-order valence-corrected chi connectivity index (χ2v) is 3.91. The van der Waals surface area contributed by atoms with E-state index in [4.69, 9.17) is 10.5 Å². The average molecular weight is 266 g/mol. The number of nitrogens with zero attached hydrogens (tertiary/aromatic N) is 2. The molecule has 0 saturated carbocycles. The molecular formula is C6H6Br2N2. The molecule has 0 heterocycles. The molecule has 0 N–H and O–H groups in total. The van der Waals surface area contributed by atoms with Crippen LogP contribution in [0.2, 0.25) is 0 Å². The van der Waals surface area contributed by atoms with E-state index in [1.807, 2.05) is 12.1 Å². The van der Waals surface area contributed by atoms with Crippen molar-refractivity contribution < 1.29 is 0 Å². The first-order valence-corrected chi connectivity index (χ1v) is 4.60. The molecule has 0 aliphatic carbocycles. The van der Waals surface area contributed by atoms with Gasteiger partial charge in [0.2, 0.25) is 0 Å². The Morgan fingerprint density at radius 3 is 2.30 bits per heavy atom. The fourth-order valence-corrected chi connectivity index (χ4v) is 1.04. The minimum absolute atomic E-state index is 0.0807. The molecule has 0 aromatic rings.